The van der Waals surface area contributed by atoms with Gasteiger partial charge in [0.25, 0.3) is 0 Å². The molecule has 2 aromatic heterocycles. The van der Waals surface area contributed by atoms with Crippen molar-refractivity contribution in [1.29, 1.82) is 0 Å². The van der Waals surface area contributed by atoms with Gasteiger partial charge in [-0.25, -0.2) is 0 Å². The molecule has 1 saturated heterocycles. The Bertz CT molecular complexity index is 1200. The summed E-state index contributed by atoms with van der Waals surface area (Å²) in [4.78, 5) is 6.55. The number of hydrogen-bond donors (Lipinski definition) is 0. The van der Waals surface area contributed by atoms with Crippen LogP contribution in [0.15, 0.2) is 84.3 Å². The lowest BCUT2D eigenvalue weighted by atomic mass is 10.2. The zero-order valence-corrected chi connectivity index (χ0v) is 20.3. The van der Waals surface area contributed by atoms with Crippen LogP contribution in [0.25, 0.3) is 11.4 Å². The number of halogens is 1. The maximum Gasteiger partial charge on any atom is 0.191 e. The summed E-state index contributed by atoms with van der Waals surface area (Å²) in [6, 6.07) is 22.4. The Morgan fingerprint density at radius 1 is 0.941 bits per heavy atom. The monoisotopic (exact) mass is 491 g/mol. The molecule has 0 saturated carbocycles. The smallest absolute Gasteiger partial charge is 0.191 e. The van der Waals surface area contributed by atoms with E-state index in [9.17, 15) is 0 Å². The largest absolute Gasteiger partial charge is 0.375 e. The van der Waals surface area contributed by atoms with Crippen LogP contribution in [-0.4, -0.2) is 56.2 Å². The fourth-order valence-electron chi connectivity index (χ4n) is 4.08. The number of ether oxygens (including phenoxy) is 1. The quantitative estimate of drug-likeness (QED) is 0.322. The number of nitrogens with zero attached hydrogens (tertiary/aromatic N) is 5. The number of benzene rings is 2. The van der Waals surface area contributed by atoms with E-state index in [1.165, 1.54) is 5.56 Å². The summed E-state index contributed by atoms with van der Waals surface area (Å²) in [7, 11) is 0. The van der Waals surface area contributed by atoms with Crippen LogP contribution in [0, 0.1) is 0 Å². The molecule has 8 heteroatoms. The second-order valence-electron chi connectivity index (χ2n) is 8.24. The van der Waals surface area contributed by atoms with Crippen LogP contribution in [-0.2, 0) is 17.8 Å². The van der Waals surface area contributed by atoms with E-state index in [0.29, 0.717) is 13.2 Å². The van der Waals surface area contributed by atoms with Crippen LogP contribution < -0.4 is 0 Å². The highest BCUT2D eigenvalue weighted by molar-refractivity contribution is 7.99. The first-order valence-corrected chi connectivity index (χ1v) is 12.7. The fourth-order valence-corrected chi connectivity index (χ4v) is 5.22. The first kappa shape index (κ1) is 23.1. The molecular weight excluding hydrogens is 466 g/mol. The van der Waals surface area contributed by atoms with Gasteiger partial charge in [-0.3, -0.25) is 14.5 Å². The average molecular weight is 492 g/mol. The van der Waals surface area contributed by atoms with Crippen molar-refractivity contribution >= 4 is 23.4 Å². The predicted octanol–water partition coefficient (Wildman–Crippen LogP) is 5.03. The van der Waals surface area contributed by atoms with E-state index in [1.54, 1.807) is 24.2 Å². The van der Waals surface area contributed by atoms with Crippen LogP contribution in [0.4, 0.5) is 0 Å². The van der Waals surface area contributed by atoms with Crippen LogP contribution in [0.2, 0.25) is 5.02 Å². The predicted molar refractivity (Wildman–Crippen MR) is 136 cm³/mol. The Morgan fingerprint density at radius 2 is 1.74 bits per heavy atom. The van der Waals surface area contributed by atoms with Crippen LogP contribution in [0.5, 0.6) is 0 Å². The maximum atomic E-state index is 6.37. The minimum absolute atomic E-state index is 0.118. The normalized spacial score (nSPS) is 16.6. The molecule has 0 radical (unpaired) electrons. The van der Waals surface area contributed by atoms with E-state index in [1.807, 2.05) is 36.4 Å². The Morgan fingerprint density at radius 3 is 2.56 bits per heavy atom. The van der Waals surface area contributed by atoms with E-state index < -0.39 is 0 Å². The van der Waals surface area contributed by atoms with Gasteiger partial charge in [-0.2, -0.15) is 0 Å². The summed E-state index contributed by atoms with van der Waals surface area (Å²) in [5, 5.41) is 10.8. The van der Waals surface area contributed by atoms with Crippen LogP contribution in [0.3, 0.4) is 0 Å². The Kier molecular flexibility index (Phi) is 7.56. The van der Waals surface area contributed by atoms with Gasteiger partial charge in [-0.15, -0.1) is 10.2 Å². The number of hydrogen-bond acceptors (Lipinski definition) is 6. The molecule has 2 aromatic carbocycles. The number of thioether (sulfide) groups is 1. The van der Waals surface area contributed by atoms with Gasteiger partial charge in [-0.05, 0) is 29.3 Å². The van der Waals surface area contributed by atoms with Gasteiger partial charge in [0.15, 0.2) is 11.0 Å². The molecule has 0 amide bonds. The number of rotatable bonds is 8. The molecule has 3 heterocycles. The summed E-state index contributed by atoms with van der Waals surface area (Å²) in [6.45, 7) is 4.03. The van der Waals surface area contributed by atoms with Gasteiger partial charge in [-0.1, -0.05) is 71.9 Å². The fraction of sp³-hybridized carbons (Fsp3) is 0.269. The van der Waals surface area contributed by atoms with Crippen molar-refractivity contribution in [3.8, 4) is 11.4 Å². The third-order valence-corrected chi connectivity index (χ3v) is 7.28. The van der Waals surface area contributed by atoms with Gasteiger partial charge in [0, 0.05) is 48.4 Å². The van der Waals surface area contributed by atoms with Gasteiger partial charge < -0.3 is 4.74 Å². The van der Waals surface area contributed by atoms with Crippen molar-refractivity contribution in [2.45, 2.75) is 24.3 Å². The second kappa shape index (κ2) is 11.1. The summed E-state index contributed by atoms with van der Waals surface area (Å²) >= 11 is 8.07. The second-order valence-corrected chi connectivity index (χ2v) is 9.64. The molecule has 0 aliphatic carbocycles. The van der Waals surface area contributed by atoms with E-state index >= 15 is 0 Å². The summed E-state index contributed by atoms with van der Waals surface area (Å²) in [5.74, 6) is 1.65. The number of aromatic nitrogens is 4. The lowest BCUT2D eigenvalue weighted by molar-refractivity contribution is -0.0187. The molecule has 6 nitrogen and oxygen atoms in total. The van der Waals surface area contributed by atoms with Gasteiger partial charge in [0.1, 0.15) is 0 Å². The highest BCUT2D eigenvalue weighted by Crippen LogP contribution is 2.27. The van der Waals surface area contributed by atoms with Crippen molar-refractivity contribution in [3.63, 3.8) is 0 Å². The van der Waals surface area contributed by atoms with E-state index in [-0.39, 0.29) is 6.10 Å². The molecule has 34 heavy (non-hydrogen) atoms. The molecular formula is C26H26ClN5OS. The standard InChI is InChI=1S/C26H26ClN5OS/c27-24-9-5-4-8-22(24)17-31-14-15-33-23(18-31)19-34-26-30-29-25(21-10-12-28-13-11-21)32(26)16-20-6-2-1-3-7-20/h1-13,23H,14-19H2. The van der Waals surface area contributed by atoms with Gasteiger partial charge in [0.2, 0.25) is 0 Å². The van der Waals surface area contributed by atoms with Crippen molar-refractivity contribution in [3.05, 3.63) is 95.3 Å². The Labute approximate surface area is 208 Å². The molecule has 0 bridgehead atoms. The number of pyridine rings is 1. The molecule has 5 rings (SSSR count). The third kappa shape index (κ3) is 5.67. The first-order valence-electron chi connectivity index (χ1n) is 11.3. The molecule has 0 spiro atoms. The van der Waals surface area contributed by atoms with E-state index in [2.05, 4.69) is 55.0 Å². The SMILES string of the molecule is Clc1ccccc1CN1CCOC(CSc2nnc(-c3ccncc3)n2Cc2ccccc2)C1. The first-order chi connectivity index (χ1) is 16.8. The molecule has 1 aliphatic rings. The lowest BCUT2D eigenvalue weighted by Crippen LogP contribution is -2.43. The van der Waals surface area contributed by atoms with Gasteiger partial charge in [0.05, 0.1) is 19.3 Å². The van der Waals surface area contributed by atoms with Crippen molar-refractivity contribution in [2.75, 3.05) is 25.4 Å². The lowest BCUT2D eigenvalue weighted by Gasteiger charge is -2.33. The highest BCUT2D eigenvalue weighted by atomic mass is 35.5. The zero-order chi connectivity index (χ0) is 23.2. The Balaban J connectivity index is 1.29. The van der Waals surface area contributed by atoms with Crippen molar-refractivity contribution in [2.24, 2.45) is 0 Å². The van der Waals surface area contributed by atoms with Crippen molar-refractivity contribution in [1.82, 2.24) is 24.6 Å². The topological polar surface area (TPSA) is 56.1 Å². The third-order valence-electron chi connectivity index (χ3n) is 5.81. The highest BCUT2D eigenvalue weighted by Gasteiger charge is 2.23. The molecule has 1 atom stereocenters. The Hall–Kier alpha value is -2.71. The molecule has 174 valence electrons. The molecule has 1 aliphatic heterocycles. The molecule has 1 fully saturated rings. The summed E-state index contributed by atoms with van der Waals surface area (Å²) in [6.07, 6.45) is 3.69. The van der Waals surface area contributed by atoms with Crippen LogP contribution in [0.1, 0.15) is 11.1 Å². The number of morpholine rings is 1. The summed E-state index contributed by atoms with van der Waals surface area (Å²) in [5.41, 5.74) is 3.37. The van der Waals surface area contributed by atoms with Crippen molar-refractivity contribution < 1.29 is 4.74 Å². The van der Waals surface area contributed by atoms with Gasteiger partial charge >= 0.3 is 0 Å². The van der Waals surface area contributed by atoms with Crippen LogP contribution >= 0.6 is 23.4 Å². The molecule has 0 N–H and O–H groups in total. The van der Waals surface area contributed by atoms with E-state index in [4.69, 9.17) is 16.3 Å². The average Bonchev–Trinajstić information content (AvgIpc) is 3.28. The minimum atomic E-state index is 0.118. The van der Waals surface area contributed by atoms with E-state index in [0.717, 1.165) is 52.5 Å². The minimum Gasteiger partial charge on any atom is -0.375 e. The molecule has 1 unspecified atom stereocenters. The summed E-state index contributed by atoms with van der Waals surface area (Å²) < 4.78 is 8.27. The zero-order valence-electron chi connectivity index (χ0n) is 18.8. The molecule has 4 aromatic rings. The maximum absolute atomic E-state index is 6.37.